The van der Waals surface area contributed by atoms with E-state index in [0.29, 0.717) is 10.7 Å². The molecule has 0 saturated carbocycles. The SMILES string of the molecule is CC(C)CCN1CCN([C@H](C)C(=O)Nc2ccccc2Cl)CC1. The van der Waals surface area contributed by atoms with E-state index in [1.165, 1.54) is 6.42 Å². The summed E-state index contributed by atoms with van der Waals surface area (Å²) in [6.45, 7) is 11.6. The summed E-state index contributed by atoms with van der Waals surface area (Å²) in [6.07, 6.45) is 1.24. The molecule has 1 aliphatic rings. The van der Waals surface area contributed by atoms with E-state index in [1.807, 2.05) is 25.1 Å². The molecule has 0 radical (unpaired) electrons. The van der Waals surface area contributed by atoms with Gasteiger partial charge in [-0.2, -0.15) is 0 Å². The molecule has 1 amide bonds. The lowest BCUT2D eigenvalue weighted by atomic mass is 10.1. The molecule has 23 heavy (non-hydrogen) atoms. The minimum atomic E-state index is -0.140. The van der Waals surface area contributed by atoms with Crippen LogP contribution in [0.5, 0.6) is 0 Å². The molecule has 0 spiro atoms. The third-order valence-corrected chi connectivity index (χ3v) is 4.82. The Labute approximate surface area is 144 Å². The van der Waals surface area contributed by atoms with Crippen molar-refractivity contribution in [2.75, 3.05) is 38.0 Å². The zero-order valence-corrected chi connectivity index (χ0v) is 15.1. The third kappa shape index (κ3) is 5.48. The predicted octanol–water partition coefficient (Wildman–Crippen LogP) is 3.33. The lowest BCUT2D eigenvalue weighted by Crippen LogP contribution is -2.52. The number of rotatable bonds is 6. The van der Waals surface area contributed by atoms with E-state index in [0.717, 1.165) is 38.6 Å². The highest BCUT2D eigenvalue weighted by molar-refractivity contribution is 6.33. The summed E-state index contributed by atoms with van der Waals surface area (Å²) in [4.78, 5) is 17.2. The molecule has 4 nitrogen and oxygen atoms in total. The van der Waals surface area contributed by atoms with Crippen molar-refractivity contribution in [1.29, 1.82) is 0 Å². The Morgan fingerprint density at radius 1 is 1.17 bits per heavy atom. The molecule has 1 N–H and O–H groups in total. The Morgan fingerprint density at radius 2 is 1.83 bits per heavy atom. The van der Waals surface area contributed by atoms with E-state index in [4.69, 9.17) is 11.6 Å². The van der Waals surface area contributed by atoms with E-state index in [9.17, 15) is 4.79 Å². The van der Waals surface area contributed by atoms with Crippen LogP contribution in [0.15, 0.2) is 24.3 Å². The average Bonchev–Trinajstić information content (AvgIpc) is 2.54. The molecule has 0 unspecified atom stereocenters. The lowest BCUT2D eigenvalue weighted by Gasteiger charge is -2.37. The maximum Gasteiger partial charge on any atom is 0.241 e. The number of piperazine rings is 1. The quantitative estimate of drug-likeness (QED) is 0.864. The van der Waals surface area contributed by atoms with Crippen molar-refractivity contribution in [1.82, 2.24) is 9.80 Å². The number of hydrogen-bond donors (Lipinski definition) is 1. The normalized spacial score (nSPS) is 18.1. The first-order valence-electron chi connectivity index (χ1n) is 8.49. The number of benzene rings is 1. The first-order valence-corrected chi connectivity index (χ1v) is 8.87. The molecular formula is C18H28ClN3O. The molecule has 1 fully saturated rings. The van der Waals surface area contributed by atoms with Gasteiger partial charge in [-0.05, 0) is 37.9 Å². The summed E-state index contributed by atoms with van der Waals surface area (Å²) in [5.41, 5.74) is 0.682. The van der Waals surface area contributed by atoms with E-state index < -0.39 is 0 Å². The lowest BCUT2D eigenvalue weighted by molar-refractivity contribution is -0.121. The summed E-state index contributed by atoms with van der Waals surface area (Å²) >= 11 is 6.10. The molecule has 1 atom stereocenters. The van der Waals surface area contributed by atoms with Crippen molar-refractivity contribution in [2.24, 2.45) is 5.92 Å². The van der Waals surface area contributed by atoms with Crippen LogP contribution >= 0.6 is 11.6 Å². The van der Waals surface area contributed by atoms with Gasteiger partial charge >= 0.3 is 0 Å². The topological polar surface area (TPSA) is 35.6 Å². The van der Waals surface area contributed by atoms with Crippen LogP contribution in [0, 0.1) is 5.92 Å². The van der Waals surface area contributed by atoms with Crippen molar-refractivity contribution in [3.05, 3.63) is 29.3 Å². The molecule has 1 aliphatic heterocycles. The number of nitrogens with zero attached hydrogens (tertiary/aromatic N) is 2. The van der Waals surface area contributed by atoms with Crippen LogP contribution in [0.3, 0.4) is 0 Å². The fourth-order valence-corrected chi connectivity index (χ4v) is 2.96. The summed E-state index contributed by atoms with van der Waals surface area (Å²) in [5.74, 6) is 0.752. The van der Waals surface area contributed by atoms with Crippen molar-refractivity contribution in [3.63, 3.8) is 0 Å². The summed E-state index contributed by atoms with van der Waals surface area (Å²) < 4.78 is 0. The van der Waals surface area contributed by atoms with Gasteiger partial charge in [0.1, 0.15) is 0 Å². The number of anilines is 1. The second kappa shape index (κ2) is 8.67. The van der Waals surface area contributed by atoms with Crippen molar-refractivity contribution < 1.29 is 4.79 Å². The number of para-hydroxylation sites is 1. The summed E-state index contributed by atoms with van der Waals surface area (Å²) in [7, 11) is 0. The molecule has 1 saturated heterocycles. The Morgan fingerprint density at radius 3 is 2.43 bits per heavy atom. The van der Waals surface area contributed by atoms with Gasteiger partial charge in [-0.15, -0.1) is 0 Å². The molecular weight excluding hydrogens is 310 g/mol. The van der Waals surface area contributed by atoms with Crippen LogP contribution in [0.1, 0.15) is 27.2 Å². The number of hydrogen-bond acceptors (Lipinski definition) is 3. The number of nitrogens with one attached hydrogen (secondary N) is 1. The van der Waals surface area contributed by atoms with E-state index in [-0.39, 0.29) is 11.9 Å². The molecule has 0 bridgehead atoms. The van der Waals surface area contributed by atoms with Gasteiger partial charge in [-0.1, -0.05) is 37.6 Å². The van der Waals surface area contributed by atoms with Crippen molar-refractivity contribution >= 4 is 23.2 Å². The summed E-state index contributed by atoms with van der Waals surface area (Å²) in [6, 6.07) is 7.21. The number of carbonyl (C=O) groups is 1. The van der Waals surface area contributed by atoms with Gasteiger partial charge in [0.2, 0.25) is 5.91 Å². The predicted molar refractivity (Wildman–Crippen MR) is 97.0 cm³/mol. The Bertz CT molecular complexity index is 513. The first-order chi connectivity index (χ1) is 11.0. The monoisotopic (exact) mass is 337 g/mol. The van der Waals surface area contributed by atoms with Crippen LogP contribution in [0.25, 0.3) is 0 Å². The Hall–Kier alpha value is -1.10. The highest BCUT2D eigenvalue weighted by Gasteiger charge is 2.25. The zero-order chi connectivity index (χ0) is 16.8. The molecule has 5 heteroatoms. The second-order valence-electron chi connectivity index (χ2n) is 6.71. The van der Waals surface area contributed by atoms with Crippen molar-refractivity contribution in [3.8, 4) is 0 Å². The molecule has 0 aliphatic carbocycles. The van der Waals surface area contributed by atoms with Crippen LogP contribution in [-0.2, 0) is 4.79 Å². The second-order valence-corrected chi connectivity index (χ2v) is 7.11. The third-order valence-electron chi connectivity index (χ3n) is 4.49. The van der Waals surface area contributed by atoms with Crippen LogP contribution in [0.2, 0.25) is 5.02 Å². The standard InChI is InChI=1S/C18H28ClN3O/c1-14(2)8-9-21-10-12-22(13-11-21)15(3)18(23)20-17-7-5-4-6-16(17)19/h4-7,14-15H,8-13H2,1-3H3,(H,20,23)/t15-/m1/s1. The molecule has 128 valence electrons. The zero-order valence-electron chi connectivity index (χ0n) is 14.4. The highest BCUT2D eigenvalue weighted by atomic mass is 35.5. The van der Waals surface area contributed by atoms with Gasteiger partial charge in [0.15, 0.2) is 0 Å². The molecule has 1 aromatic rings. The van der Waals surface area contributed by atoms with Gasteiger partial charge in [-0.3, -0.25) is 9.69 Å². The Kier molecular flexibility index (Phi) is 6.88. The smallest absolute Gasteiger partial charge is 0.241 e. The average molecular weight is 338 g/mol. The maximum atomic E-state index is 12.4. The minimum Gasteiger partial charge on any atom is -0.323 e. The van der Waals surface area contributed by atoms with Gasteiger partial charge in [-0.25, -0.2) is 0 Å². The molecule has 0 aromatic heterocycles. The van der Waals surface area contributed by atoms with Gasteiger partial charge in [0.25, 0.3) is 0 Å². The maximum absolute atomic E-state index is 12.4. The van der Waals surface area contributed by atoms with E-state index >= 15 is 0 Å². The number of halogens is 1. The first kappa shape index (κ1) is 18.2. The molecule has 2 rings (SSSR count). The van der Waals surface area contributed by atoms with Gasteiger partial charge in [0.05, 0.1) is 16.8 Å². The number of amides is 1. The highest BCUT2D eigenvalue weighted by Crippen LogP contribution is 2.21. The summed E-state index contributed by atoms with van der Waals surface area (Å²) in [5, 5.41) is 3.51. The van der Waals surface area contributed by atoms with Crippen LogP contribution in [0.4, 0.5) is 5.69 Å². The fourth-order valence-electron chi connectivity index (χ4n) is 2.78. The Balaban J connectivity index is 1.81. The van der Waals surface area contributed by atoms with Crippen LogP contribution < -0.4 is 5.32 Å². The van der Waals surface area contributed by atoms with Crippen LogP contribution in [-0.4, -0.2) is 54.5 Å². The van der Waals surface area contributed by atoms with E-state index in [1.54, 1.807) is 6.07 Å². The minimum absolute atomic E-state index is 0.00808. The number of carbonyl (C=O) groups excluding carboxylic acids is 1. The van der Waals surface area contributed by atoms with Crippen molar-refractivity contribution in [2.45, 2.75) is 33.2 Å². The molecule has 1 heterocycles. The molecule has 1 aromatic carbocycles. The van der Waals surface area contributed by atoms with E-state index in [2.05, 4.69) is 29.0 Å². The largest absolute Gasteiger partial charge is 0.323 e. The van der Waals surface area contributed by atoms with Gasteiger partial charge < -0.3 is 10.2 Å². The fraction of sp³-hybridized carbons (Fsp3) is 0.611. The van der Waals surface area contributed by atoms with Gasteiger partial charge in [0, 0.05) is 26.2 Å².